The fourth-order valence-corrected chi connectivity index (χ4v) is 3.28. The van der Waals surface area contributed by atoms with Gasteiger partial charge in [0.15, 0.2) is 0 Å². The van der Waals surface area contributed by atoms with Crippen molar-refractivity contribution in [1.29, 1.82) is 0 Å². The summed E-state index contributed by atoms with van der Waals surface area (Å²) in [7, 11) is -0.496. The SMILES string of the molecule is CNS(=O)(=O)c1ccc(Sc2ccc(OC)cc2)c(N)c1. The molecule has 0 aromatic heterocycles. The lowest BCUT2D eigenvalue weighted by Gasteiger charge is -2.09. The van der Waals surface area contributed by atoms with E-state index in [1.54, 1.807) is 13.2 Å². The van der Waals surface area contributed by atoms with Gasteiger partial charge in [0.05, 0.1) is 12.0 Å². The molecule has 2 aromatic carbocycles. The molecule has 0 bridgehead atoms. The number of sulfonamides is 1. The molecule has 0 aliphatic heterocycles. The Kier molecular flexibility index (Phi) is 4.76. The molecule has 7 heteroatoms. The van der Waals surface area contributed by atoms with Crippen molar-refractivity contribution in [3.63, 3.8) is 0 Å². The Hall–Kier alpha value is -1.70. The topological polar surface area (TPSA) is 81.4 Å². The molecule has 0 saturated heterocycles. The molecule has 0 heterocycles. The van der Waals surface area contributed by atoms with Crippen molar-refractivity contribution in [2.75, 3.05) is 19.9 Å². The average molecular weight is 324 g/mol. The van der Waals surface area contributed by atoms with Crippen molar-refractivity contribution in [3.05, 3.63) is 42.5 Å². The van der Waals surface area contributed by atoms with Gasteiger partial charge in [0.2, 0.25) is 10.0 Å². The minimum absolute atomic E-state index is 0.154. The van der Waals surface area contributed by atoms with Crippen LogP contribution >= 0.6 is 11.8 Å². The number of hydrogen-bond donors (Lipinski definition) is 2. The third kappa shape index (κ3) is 3.69. The fraction of sp³-hybridized carbons (Fsp3) is 0.143. The van der Waals surface area contributed by atoms with Gasteiger partial charge in [0, 0.05) is 15.5 Å². The molecule has 3 N–H and O–H groups in total. The number of rotatable bonds is 5. The summed E-state index contributed by atoms with van der Waals surface area (Å²) in [5.74, 6) is 0.780. The Bertz CT molecular complexity index is 728. The molecule has 0 aliphatic rings. The van der Waals surface area contributed by atoms with E-state index in [4.69, 9.17) is 10.5 Å². The lowest BCUT2D eigenvalue weighted by molar-refractivity contribution is 0.414. The van der Waals surface area contributed by atoms with Crippen molar-refractivity contribution in [2.45, 2.75) is 14.7 Å². The number of benzene rings is 2. The second-order valence-corrected chi connectivity index (χ2v) is 7.19. The number of ether oxygens (including phenoxy) is 1. The van der Waals surface area contributed by atoms with Crippen molar-refractivity contribution >= 4 is 27.5 Å². The highest BCUT2D eigenvalue weighted by atomic mass is 32.2. The molecule has 0 fully saturated rings. The first-order chi connectivity index (χ1) is 9.96. The van der Waals surface area contributed by atoms with Gasteiger partial charge in [-0.3, -0.25) is 0 Å². The molecule has 21 heavy (non-hydrogen) atoms. The molecular weight excluding hydrogens is 308 g/mol. The summed E-state index contributed by atoms with van der Waals surface area (Å²) in [5.41, 5.74) is 6.36. The minimum atomic E-state index is -3.48. The number of hydrogen-bond acceptors (Lipinski definition) is 5. The minimum Gasteiger partial charge on any atom is -0.497 e. The molecule has 0 unspecified atom stereocenters. The predicted octanol–water partition coefficient (Wildman–Crippen LogP) is 2.34. The molecule has 0 aliphatic carbocycles. The van der Waals surface area contributed by atoms with Gasteiger partial charge in [-0.15, -0.1) is 0 Å². The van der Waals surface area contributed by atoms with Crippen molar-refractivity contribution < 1.29 is 13.2 Å². The summed E-state index contributed by atoms with van der Waals surface area (Å²) in [6, 6.07) is 12.2. The van der Waals surface area contributed by atoms with Gasteiger partial charge in [-0.25, -0.2) is 13.1 Å². The van der Waals surface area contributed by atoms with E-state index in [1.165, 1.54) is 30.9 Å². The number of nitrogens with two attached hydrogens (primary N) is 1. The zero-order chi connectivity index (χ0) is 15.5. The lowest BCUT2D eigenvalue weighted by Crippen LogP contribution is -2.18. The van der Waals surface area contributed by atoms with Crippen LogP contribution in [0.2, 0.25) is 0 Å². The molecule has 2 aromatic rings. The zero-order valence-electron chi connectivity index (χ0n) is 11.7. The molecule has 112 valence electrons. The maximum absolute atomic E-state index is 11.7. The van der Waals surface area contributed by atoms with Crippen LogP contribution in [-0.4, -0.2) is 22.6 Å². The lowest BCUT2D eigenvalue weighted by atomic mass is 10.3. The van der Waals surface area contributed by atoms with Crippen LogP contribution in [0.4, 0.5) is 5.69 Å². The van der Waals surface area contributed by atoms with E-state index in [-0.39, 0.29) is 4.90 Å². The van der Waals surface area contributed by atoms with Gasteiger partial charge < -0.3 is 10.5 Å². The first-order valence-corrected chi connectivity index (χ1v) is 8.41. The molecule has 0 amide bonds. The fourth-order valence-electron chi connectivity index (χ4n) is 1.68. The Balaban J connectivity index is 2.25. The Morgan fingerprint density at radius 2 is 1.81 bits per heavy atom. The summed E-state index contributed by atoms with van der Waals surface area (Å²) >= 11 is 1.46. The second-order valence-electron chi connectivity index (χ2n) is 4.18. The van der Waals surface area contributed by atoms with E-state index in [2.05, 4.69) is 4.72 Å². The van der Waals surface area contributed by atoms with E-state index in [9.17, 15) is 8.42 Å². The maximum Gasteiger partial charge on any atom is 0.240 e. The van der Waals surface area contributed by atoms with Gasteiger partial charge >= 0.3 is 0 Å². The predicted molar refractivity (Wildman–Crippen MR) is 84.2 cm³/mol. The molecule has 5 nitrogen and oxygen atoms in total. The summed E-state index contributed by atoms with van der Waals surface area (Å²) in [5, 5.41) is 0. The normalized spacial score (nSPS) is 11.3. The second kappa shape index (κ2) is 6.38. The van der Waals surface area contributed by atoms with Crippen molar-refractivity contribution in [3.8, 4) is 5.75 Å². The van der Waals surface area contributed by atoms with Gasteiger partial charge in [0.1, 0.15) is 5.75 Å². The standard InChI is InChI=1S/C14H16N2O3S2/c1-16-21(17,18)12-7-8-14(13(15)9-12)20-11-5-3-10(19-2)4-6-11/h3-9,16H,15H2,1-2H3. The van der Waals surface area contributed by atoms with Crippen molar-refractivity contribution in [2.24, 2.45) is 0 Å². The first kappa shape index (κ1) is 15.7. The van der Waals surface area contributed by atoms with Crippen LogP contribution in [0.25, 0.3) is 0 Å². The zero-order valence-corrected chi connectivity index (χ0v) is 13.3. The van der Waals surface area contributed by atoms with Gasteiger partial charge in [-0.05, 0) is 49.5 Å². The number of nitrogens with one attached hydrogen (secondary N) is 1. The van der Waals surface area contributed by atoms with Gasteiger partial charge in [-0.1, -0.05) is 11.8 Å². The maximum atomic E-state index is 11.7. The summed E-state index contributed by atoms with van der Waals surface area (Å²) in [4.78, 5) is 1.95. The highest BCUT2D eigenvalue weighted by Crippen LogP contribution is 2.34. The molecule has 0 spiro atoms. The highest BCUT2D eigenvalue weighted by molar-refractivity contribution is 7.99. The molecule has 2 rings (SSSR count). The third-order valence-electron chi connectivity index (χ3n) is 2.85. The van der Waals surface area contributed by atoms with E-state index >= 15 is 0 Å². The van der Waals surface area contributed by atoms with Crippen LogP contribution in [0.1, 0.15) is 0 Å². The van der Waals surface area contributed by atoms with Crippen LogP contribution in [0.3, 0.4) is 0 Å². The van der Waals surface area contributed by atoms with Gasteiger partial charge in [0.25, 0.3) is 0 Å². The summed E-state index contributed by atoms with van der Waals surface area (Å²) in [6.07, 6.45) is 0. The Morgan fingerprint density at radius 3 is 2.33 bits per heavy atom. The summed E-state index contributed by atoms with van der Waals surface area (Å²) < 4.78 is 30.8. The average Bonchev–Trinajstić information content (AvgIpc) is 2.50. The van der Waals surface area contributed by atoms with Crippen LogP contribution in [0.5, 0.6) is 5.75 Å². The Labute approximate surface area is 128 Å². The van der Waals surface area contributed by atoms with Crippen LogP contribution < -0.4 is 15.2 Å². The Morgan fingerprint density at radius 1 is 1.14 bits per heavy atom. The third-order valence-corrected chi connectivity index (χ3v) is 5.36. The first-order valence-electron chi connectivity index (χ1n) is 6.11. The van der Waals surface area contributed by atoms with Crippen molar-refractivity contribution in [1.82, 2.24) is 4.72 Å². The van der Waals surface area contributed by atoms with Crippen LogP contribution in [-0.2, 0) is 10.0 Å². The summed E-state index contributed by atoms with van der Waals surface area (Å²) in [6.45, 7) is 0. The quantitative estimate of drug-likeness (QED) is 0.825. The largest absolute Gasteiger partial charge is 0.497 e. The number of methoxy groups -OCH3 is 1. The number of nitrogen functional groups attached to an aromatic ring is 1. The molecule has 0 saturated carbocycles. The highest BCUT2D eigenvalue weighted by Gasteiger charge is 2.13. The van der Waals surface area contributed by atoms with Crippen LogP contribution in [0, 0.1) is 0 Å². The van der Waals surface area contributed by atoms with E-state index in [0.717, 1.165) is 15.5 Å². The van der Waals surface area contributed by atoms with E-state index in [1.807, 2.05) is 24.3 Å². The van der Waals surface area contributed by atoms with Crippen LogP contribution in [0.15, 0.2) is 57.2 Å². The number of anilines is 1. The monoisotopic (exact) mass is 324 g/mol. The van der Waals surface area contributed by atoms with E-state index in [0.29, 0.717) is 5.69 Å². The van der Waals surface area contributed by atoms with E-state index < -0.39 is 10.0 Å². The smallest absolute Gasteiger partial charge is 0.240 e. The molecule has 0 atom stereocenters. The molecule has 0 radical (unpaired) electrons. The molecular formula is C14H16N2O3S2. The van der Waals surface area contributed by atoms with Gasteiger partial charge in [-0.2, -0.15) is 0 Å².